The molecule has 3 rings (SSSR count). The number of halogens is 2. The smallest absolute Gasteiger partial charge is 0.269 e. The molecule has 0 aliphatic carbocycles. The molecule has 0 atom stereocenters. The second-order valence-corrected chi connectivity index (χ2v) is 8.38. The fourth-order valence-corrected chi connectivity index (χ4v) is 4.11. The number of carbonyl (C=O) groups is 2. The summed E-state index contributed by atoms with van der Waals surface area (Å²) in [6.07, 6.45) is 0. The molecule has 3 aromatic rings. The Morgan fingerprint density at radius 1 is 1.15 bits per heavy atom. The lowest BCUT2D eigenvalue weighted by Crippen LogP contribution is -2.25. The third kappa shape index (κ3) is 6.44. The van der Waals surface area contributed by atoms with Crippen LogP contribution in [-0.4, -0.2) is 37.3 Å². The highest BCUT2D eigenvalue weighted by atomic mass is 35.5. The van der Waals surface area contributed by atoms with Gasteiger partial charge in [0, 0.05) is 29.4 Å². The van der Waals surface area contributed by atoms with E-state index in [2.05, 4.69) is 20.8 Å². The number of non-ortho nitro benzene ring substituents is 1. The van der Waals surface area contributed by atoms with Gasteiger partial charge in [-0.15, -0.1) is 10.2 Å². The number of rotatable bonds is 9. The summed E-state index contributed by atoms with van der Waals surface area (Å²) in [6, 6.07) is 10.2. The largest absolute Gasteiger partial charge is 0.345 e. The van der Waals surface area contributed by atoms with Crippen LogP contribution in [0.3, 0.4) is 0 Å². The highest BCUT2D eigenvalue weighted by Gasteiger charge is 2.16. The summed E-state index contributed by atoms with van der Waals surface area (Å²) >= 11 is 13.1. The van der Waals surface area contributed by atoms with Crippen LogP contribution in [0.5, 0.6) is 0 Å². The molecule has 2 N–H and O–H groups in total. The summed E-state index contributed by atoms with van der Waals surface area (Å²) in [5.74, 6) is -0.0954. The van der Waals surface area contributed by atoms with E-state index in [0.29, 0.717) is 33.8 Å². The predicted octanol–water partition coefficient (Wildman–Crippen LogP) is 4.17. The first kappa shape index (κ1) is 24.5. The van der Waals surface area contributed by atoms with Crippen LogP contribution in [0.2, 0.25) is 10.0 Å². The molecule has 0 fully saturated rings. The molecule has 2 aromatic carbocycles. The lowest BCUT2D eigenvalue weighted by molar-refractivity contribution is -0.384. The van der Waals surface area contributed by atoms with Crippen LogP contribution in [0.15, 0.2) is 47.6 Å². The first-order valence-electron chi connectivity index (χ1n) is 9.61. The number of nitrogens with zero attached hydrogens (tertiary/aromatic N) is 4. The molecule has 0 aliphatic rings. The van der Waals surface area contributed by atoms with Crippen LogP contribution >= 0.6 is 35.0 Å². The van der Waals surface area contributed by atoms with E-state index in [4.69, 9.17) is 23.2 Å². The number of hydrogen-bond acceptors (Lipinski definition) is 7. The van der Waals surface area contributed by atoms with E-state index in [1.54, 1.807) is 10.6 Å². The van der Waals surface area contributed by atoms with Crippen molar-refractivity contribution in [2.75, 3.05) is 11.1 Å². The van der Waals surface area contributed by atoms with Crippen LogP contribution in [0, 0.1) is 10.1 Å². The van der Waals surface area contributed by atoms with Crippen molar-refractivity contribution < 1.29 is 14.5 Å². The summed E-state index contributed by atoms with van der Waals surface area (Å²) in [4.78, 5) is 34.8. The van der Waals surface area contributed by atoms with Crippen LogP contribution in [0.4, 0.5) is 11.4 Å². The molecule has 0 saturated heterocycles. The maximum absolute atomic E-state index is 12.4. The number of nitro groups is 1. The Kier molecular flexibility index (Phi) is 8.26. The second kappa shape index (κ2) is 11.1. The molecule has 172 valence electrons. The molecule has 0 bridgehead atoms. The number of nitro benzene ring substituents is 1. The quantitative estimate of drug-likeness (QED) is 0.251. The minimum absolute atomic E-state index is 0.0574. The Labute approximate surface area is 202 Å². The summed E-state index contributed by atoms with van der Waals surface area (Å²) in [7, 11) is 0. The fourth-order valence-electron chi connectivity index (χ4n) is 2.80. The van der Waals surface area contributed by atoms with Crippen LogP contribution in [-0.2, 0) is 17.9 Å². The number of carbonyl (C=O) groups excluding carboxylic acids is 2. The molecule has 0 unspecified atom stereocenters. The fraction of sp³-hybridized carbons (Fsp3) is 0.200. The Morgan fingerprint density at radius 3 is 2.52 bits per heavy atom. The first-order chi connectivity index (χ1) is 15.8. The number of amides is 2. The summed E-state index contributed by atoms with van der Waals surface area (Å²) in [5.41, 5.74) is 0.685. The van der Waals surface area contributed by atoms with E-state index in [9.17, 15) is 19.7 Å². The van der Waals surface area contributed by atoms with Crippen molar-refractivity contribution >= 4 is 58.2 Å². The number of thioether (sulfide) groups is 1. The average molecular weight is 509 g/mol. The first-order valence-corrected chi connectivity index (χ1v) is 11.3. The number of nitrogens with one attached hydrogen (secondary N) is 2. The van der Waals surface area contributed by atoms with Gasteiger partial charge in [-0.3, -0.25) is 19.7 Å². The van der Waals surface area contributed by atoms with E-state index in [0.717, 1.165) is 0 Å². The van der Waals surface area contributed by atoms with Crippen molar-refractivity contribution in [1.29, 1.82) is 0 Å². The van der Waals surface area contributed by atoms with E-state index < -0.39 is 4.92 Å². The molecule has 1 heterocycles. The number of benzene rings is 2. The summed E-state index contributed by atoms with van der Waals surface area (Å²) in [6.45, 7) is 2.55. The SMILES string of the molecule is CCn1c(CNC(=O)c2ccc(Cl)cc2Cl)nnc1SCC(=O)Nc1ccc([N+](=O)[O-])cc1. The van der Waals surface area contributed by atoms with Crippen molar-refractivity contribution in [2.24, 2.45) is 0 Å². The third-order valence-electron chi connectivity index (χ3n) is 4.39. The third-order valence-corrected chi connectivity index (χ3v) is 5.90. The average Bonchev–Trinajstić information content (AvgIpc) is 3.18. The van der Waals surface area contributed by atoms with Gasteiger partial charge in [0.15, 0.2) is 11.0 Å². The van der Waals surface area contributed by atoms with Crippen molar-refractivity contribution in [3.05, 3.63) is 74.0 Å². The Balaban J connectivity index is 1.56. The van der Waals surface area contributed by atoms with Crippen molar-refractivity contribution in [1.82, 2.24) is 20.1 Å². The lowest BCUT2D eigenvalue weighted by Gasteiger charge is -2.09. The van der Waals surface area contributed by atoms with Crippen molar-refractivity contribution in [2.45, 2.75) is 25.2 Å². The zero-order valence-corrected chi connectivity index (χ0v) is 19.6. The monoisotopic (exact) mass is 508 g/mol. The molecule has 0 saturated carbocycles. The summed E-state index contributed by atoms with van der Waals surface area (Å²) in [5, 5.41) is 25.5. The highest BCUT2D eigenvalue weighted by molar-refractivity contribution is 7.99. The molecule has 0 radical (unpaired) electrons. The maximum Gasteiger partial charge on any atom is 0.269 e. The maximum atomic E-state index is 12.4. The lowest BCUT2D eigenvalue weighted by atomic mass is 10.2. The molecular formula is C20H18Cl2N6O4S. The van der Waals surface area contributed by atoms with E-state index in [1.807, 2.05) is 6.92 Å². The zero-order chi connectivity index (χ0) is 24.0. The van der Waals surface area contributed by atoms with E-state index in [-0.39, 0.29) is 34.8 Å². The van der Waals surface area contributed by atoms with Crippen molar-refractivity contribution in [3.63, 3.8) is 0 Å². The highest BCUT2D eigenvalue weighted by Crippen LogP contribution is 2.22. The number of hydrogen-bond donors (Lipinski definition) is 2. The molecule has 1 aromatic heterocycles. The standard InChI is InChI=1S/C20H18Cl2N6O4S/c1-2-27-17(10-23-19(30)15-8-3-12(21)9-16(15)22)25-26-20(27)33-11-18(29)24-13-4-6-14(7-5-13)28(31)32/h3-9H,2,10-11H2,1H3,(H,23,30)(H,24,29). The Hall–Kier alpha value is -3.15. The number of aromatic nitrogens is 3. The van der Waals surface area contributed by atoms with Gasteiger partial charge < -0.3 is 15.2 Å². The van der Waals surface area contributed by atoms with Gasteiger partial charge in [-0.25, -0.2) is 0 Å². The van der Waals surface area contributed by atoms with E-state index in [1.165, 1.54) is 48.2 Å². The van der Waals surface area contributed by atoms with Crippen LogP contribution in [0.1, 0.15) is 23.1 Å². The molecule has 2 amide bonds. The molecule has 0 spiro atoms. The topological polar surface area (TPSA) is 132 Å². The minimum atomic E-state index is -0.511. The second-order valence-electron chi connectivity index (χ2n) is 6.59. The van der Waals surface area contributed by atoms with Gasteiger partial charge in [-0.1, -0.05) is 35.0 Å². The zero-order valence-electron chi connectivity index (χ0n) is 17.2. The van der Waals surface area contributed by atoms with Gasteiger partial charge in [0.1, 0.15) is 0 Å². The molecule has 10 nitrogen and oxygen atoms in total. The number of anilines is 1. The minimum Gasteiger partial charge on any atom is -0.345 e. The van der Waals surface area contributed by atoms with Gasteiger partial charge >= 0.3 is 0 Å². The van der Waals surface area contributed by atoms with Gasteiger partial charge in [0.2, 0.25) is 5.91 Å². The van der Waals surface area contributed by atoms with Gasteiger partial charge in [0.25, 0.3) is 11.6 Å². The summed E-state index contributed by atoms with van der Waals surface area (Å²) < 4.78 is 1.79. The Bertz CT molecular complexity index is 1190. The van der Waals surface area contributed by atoms with Gasteiger partial charge in [0.05, 0.1) is 27.8 Å². The molecule has 13 heteroatoms. The normalized spacial score (nSPS) is 10.6. The Morgan fingerprint density at radius 2 is 1.88 bits per heavy atom. The predicted molar refractivity (Wildman–Crippen MR) is 126 cm³/mol. The van der Waals surface area contributed by atoms with Crippen molar-refractivity contribution in [3.8, 4) is 0 Å². The molecule has 33 heavy (non-hydrogen) atoms. The van der Waals surface area contributed by atoms with Crippen LogP contribution < -0.4 is 10.6 Å². The molecule has 0 aliphatic heterocycles. The van der Waals surface area contributed by atoms with E-state index >= 15 is 0 Å². The molecular weight excluding hydrogens is 491 g/mol. The van der Waals surface area contributed by atoms with Gasteiger partial charge in [-0.05, 0) is 37.3 Å². The van der Waals surface area contributed by atoms with Crippen LogP contribution in [0.25, 0.3) is 0 Å². The van der Waals surface area contributed by atoms with Gasteiger partial charge in [-0.2, -0.15) is 0 Å².